The summed E-state index contributed by atoms with van der Waals surface area (Å²) < 4.78 is 48.3. The monoisotopic (exact) mass is 618 g/mol. The molecule has 1 saturated heterocycles. The van der Waals surface area contributed by atoms with Crippen LogP contribution in [0.25, 0.3) is 22.0 Å². The zero-order valence-electron chi connectivity index (χ0n) is 25.3. The fourth-order valence-corrected chi connectivity index (χ4v) is 6.73. The summed E-state index contributed by atoms with van der Waals surface area (Å²) >= 11 is 0. The van der Waals surface area contributed by atoms with E-state index < -0.39 is 21.3 Å². The quantitative estimate of drug-likeness (QED) is 0.268. The molecule has 230 valence electrons. The zero-order chi connectivity index (χ0) is 31.4. The highest BCUT2D eigenvalue weighted by Gasteiger charge is 2.58. The van der Waals surface area contributed by atoms with Crippen molar-refractivity contribution in [1.82, 2.24) is 15.3 Å². The molecular weight excluding hydrogens is 583 g/mol. The van der Waals surface area contributed by atoms with Gasteiger partial charge in [0.1, 0.15) is 23.5 Å². The third-order valence-corrected chi connectivity index (χ3v) is 8.81. The standard InChI is InChI=1S/C32H35FN6O4S/c1-19(2)34-10-11-43-30-26(37-44(5,41)42)12-21(15-36-30)22-13-23-25(14-24(22)33)35-16-28-29(23)32(31(40)38(28)4)17-39(18-32)27-9-7-6-8-20(27)3/h6-9,12-16,19,34,37H,10-11,17-18H2,1-5H3. The maximum absolute atomic E-state index is 15.7. The second-order valence-corrected chi connectivity index (χ2v) is 13.6. The lowest BCUT2D eigenvalue weighted by Crippen LogP contribution is -2.64. The number of nitrogens with zero attached hydrogens (tertiary/aromatic N) is 4. The molecule has 0 radical (unpaired) electrons. The number of para-hydroxylation sites is 1. The molecule has 1 amide bonds. The van der Waals surface area contributed by atoms with Crippen molar-refractivity contribution in [2.24, 2.45) is 0 Å². The molecule has 0 aliphatic carbocycles. The molecule has 0 atom stereocenters. The van der Waals surface area contributed by atoms with Crippen LogP contribution in [0.3, 0.4) is 0 Å². The number of nitrogens with one attached hydrogen (secondary N) is 2. The first-order valence-corrected chi connectivity index (χ1v) is 16.3. The molecule has 2 aromatic heterocycles. The molecule has 1 spiro atoms. The molecule has 0 saturated carbocycles. The molecule has 1 fully saturated rings. The fraction of sp³-hybridized carbons (Fsp3) is 0.344. The molecule has 10 nitrogen and oxygen atoms in total. The molecule has 4 heterocycles. The predicted octanol–water partition coefficient (Wildman–Crippen LogP) is 4.23. The molecule has 4 aromatic rings. The topological polar surface area (TPSA) is 117 Å². The molecule has 2 N–H and O–H groups in total. The number of amides is 1. The van der Waals surface area contributed by atoms with E-state index in [2.05, 4.69) is 24.9 Å². The Morgan fingerprint density at radius 2 is 1.84 bits per heavy atom. The smallest absolute Gasteiger partial charge is 0.241 e. The number of aryl methyl sites for hydroxylation is 1. The summed E-state index contributed by atoms with van der Waals surface area (Å²) in [6.07, 6.45) is 4.12. The van der Waals surface area contributed by atoms with Crippen LogP contribution in [0.1, 0.15) is 25.0 Å². The summed E-state index contributed by atoms with van der Waals surface area (Å²) in [7, 11) is -1.94. The Morgan fingerprint density at radius 3 is 2.55 bits per heavy atom. The van der Waals surface area contributed by atoms with Gasteiger partial charge in [-0.3, -0.25) is 14.5 Å². The molecule has 0 bridgehead atoms. The molecular formula is C32H35FN6O4S. The predicted molar refractivity (Wildman–Crippen MR) is 171 cm³/mol. The first-order chi connectivity index (χ1) is 20.9. The van der Waals surface area contributed by atoms with Gasteiger partial charge in [-0.15, -0.1) is 0 Å². The number of rotatable bonds is 9. The summed E-state index contributed by atoms with van der Waals surface area (Å²) in [6, 6.07) is 12.9. The van der Waals surface area contributed by atoms with E-state index in [4.69, 9.17) is 4.74 Å². The van der Waals surface area contributed by atoms with Gasteiger partial charge >= 0.3 is 0 Å². The molecule has 0 unspecified atom stereocenters. The van der Waals surface area contributed by atoms with E-state index in [9.17, 15) is 13.2 Å². The van der Waals surface area contributed by atoms with Crippen LogP contribution >= 0.6 is 0 Å². The number of halogens is 1. The van der Waals surface area contributed by atoms with Gasteiger partial charge in [0.2, 0.25) is 21.8 Å². The summed E-state index contributed by atoms with van der Waals surface area (Å²) in [5, 5.41) is 3.89. The van der Waals surface area contributed by atoms with E-state index in [0.717, 1.165) is 23.1 Å². The Morgan fingerprint density at radius 1 is 1.09 bits per heavy atom. The van der Waals surface area contributed by atoms with Gasteiger partial charge in [-0.2, -0.15) is 0 Å². The van der Waals surface area contributed by atoms with Crippen molar-refractivity contribution in [2.45, 2.75) is 32.2 Å². The number of carbonyl (C=O) groups excluding carboxylic acids is 1. The summed E-state index contributed by atoms with van der Waals surface area (Å²) in [4.78, 5) is 26.4. The van der Waals surface area contributed by atoms with Crippen molar-refractivity contribution in [3.8, 4) is 17.0 Å². The number of benzene rings is 2. The minimum absolute atomic E-state index is 0.0210. The van der Waals surface area contributed by atoms with E-state index in [-0.39, 0.29) is 35.7 Å². The second kappa shape index (κ2) is 11.0. The highest BCUT2D eigenvalue weighted by atomic mass is 32.2. The van der Waals surface area contributed by atoms with Gasteiger partial charge in [0.25, 0.3) is 0 Å². The maximum atomic E-state index is 15.7. The lowest BCUT2D eigenvalue weighted by molar-refractivity contribution is -0.123. The van der Waals surface area contributed by atoms with Crippen LogP contribution in [0.5, 0.6) is 5.88 Å². The van der Waals surface area contributed by atoms with Gasteiger partial charge in [-0.25, -0.2) is 17.8 Å². The van der Waals surface area contributed by atoms with Gasteiger partial charge < -0.3 is 19.9 Å². The summed E-state index contributed by atoms with van der Waals surface area (Å²) in [5.74, 6) is -0.480. The van der Waals surface area contributed by atoms with Crippen molar-refractivity contribution >= 4 is 43.9 Å². The normalized spacial score (nSPS) is 15.7. The van der Waals surface area contributed by atoms with E-state index >= 15 is 4.39 Å². The fourth-order valence-electron chi connectivity index (χ4n) is 6.19. The lowest BCUT2D eigenvalue weighted by Gasteiger charge is -2.48. The Labute approximate surface area is 256 Å². The maximum Gasteiger partial charge on any atom is 0.241 e. The Kier molecular flexibility index (Phi) is 7.45. The Balaban J connectivity index is 1.42. The number of aromatic nitrogens is 2. The minimum Gasteiger partial charge on any atom is -0.475 e. The number of anilines is 3. The number of hydrogen-bond acceptors (Lipinski definition) is 8. The Bertz CT molecular complexity index is 1890. The zero-order valence-corrected chi connectivity index (χ0v) is 26.1. The summed E-state index contributed by atoms with van der Waals surface area (Å²) in [5.41, 5.74) is 4.01. The van der Waals surface area contributed by atoms with Crippen molar-refractivity contribution in [3.05, 3.63) is 71.8 Å². The Hall–Kier alpha value is -4.29. The van der Waals surface area contributed by atoms with Gasteiger partial charge in [-0.1, -0.05) is 32.0 Å². The van der Waals surface area contributed by atoms with Crippen LogP contribution in [0.15, 0.2) is 54.9 Å². The van der Waals surface area contributed by atoms with E-state index in [1.807, 2.05) is 45.0 Å². The third-order valence-electron chi connectivity index (χ3n) is 8.22. The number of hydrogen-bond donors (Lipinski definition) is 2. The number of fused-ring (bicyclic) bond motifs is 4. The minimum atomic E-state index is -3.69. The number of ether oxygens (including phenoxy) is 1. The molecule has 44 heavy (non-hydrogen) atoms. The van der Waals surface area contributed by atoms with Gasteiger partial charge in [-0.05, 0) is 30.7 Å². The van der Waals surface area contributed by atoms with Crippen LogP contribution in [0.4, 0.5) is 21.5 Å². The van der Waals surface area contributed by atoms with Crippen molar-refractivity contribution in [1.29, 1.82) is 0 Å². The molecule has 2 aliphatic heterocycles. The van der Waals surface area contributed by atoms with Crippen LogP contribution in [-0.2, 0) is 20.2 Å². The van der Waals surface area contributed by atoms with Crippen molar-refractivity contribution in [2.75, 3.05) is 54.1 Å². The summed E-state index contributed by atoms with van der Waals surface area (Å²) in [6.45, 7) is 7.83. The molecule has 6 rings (SSSR count). The van der Waals surface area contributed by atoms with Gasteiger partial charge in [0, 0.05) is 72.8 Å². The van der Waals surface area contributed by atoms with Crippen LogP contribution in [0, 0.1) is 12.7 Å². The van der Waals surface area contributed by atoms with Crippen LogP contribution in [-0.4, -0.2) is 69.9 Å². The third kappa shape index (κ3) is 5.22. The average molecular weight is 619 g/mol. The van der Waals surface area contributed by atoms with Crippen molar-refractivity contribution < 1.29 is 22.3 Å². The molecule has 2 aromatic carbocycles. The first-order valence-electron chi connectivity index (χ1n) is 14.4. The molecule has 2 aliphatic rings. The second-order valence-electron chi connectivity index (χ2n) is 11.9. The number of carbonyl (C=O) groups is 1. The lowest BCUT2D eigenvalue weighted by atomic mass is 9.73. The van der Waals surface area contributed by atoms with E-state index in [0.29, 0.717) is 41.8 Å². The first kappa shape index (κ1) is 29.8. The van der Waals surface area contributed by atoms with E-state index in [1.165, 1.54) is 18.3 Å². The highest BCUT2D eigenvalue weighted by molar-refractivity contribution is 7.92. The highest BCUT2D eigenvalue weighted by Crippen LogP contribution is 2.51. The average Bonchev–Trinajstić information content (AvgIpc) is 3.16. The van der Waals surface area contributed by atoms with Crippen LogP contribution < -0.4 is 24.6 Å². The number of likely N-dealkylation sites (N-methyl/N-ethyl adjacent to an activating group) is 1. The number of pyridine rings is 2. The molecule has 12 heteroatoms. The number of sulfonamides is 1. The van der Waals surface area contributed by atoms with E-state index in [1.54, 1.807) is 24.2 Å². The van der Waals surface area contributed by atoms with Crippen LogP contribution in [0.2, 0.25) is 0 Å². The van der Waals surface area contributed by atoms with Crippen molar-refractivity contribution in [3.63, 3.8) is 0 Å². The largest absolute Gasteiger partial charge is 0.475 e. The SMILES string of the molecule is Cc1ccccc1N1CC2(C1)C(=O)N(C)c1cnc3cc(F)c(-c4cnc(OCCNC(C)C)c(NS(C)(=O)=O)c4)cc3c12. The van der Waals surface area contributed by atoms with Gasteiger partial charge in [0.15, 0.2) is 0 Å². The van der Waals surface area contributed by atoms with Gasteiger partial charge in [0.05, 0.1) is 23.7 Å².